The fraction of sp³-hybridized carbons (Fsp3) is 0.375. The highest BCUT2D eigenvalue weighted by atomic mass is 19.1. The topological polar surface area (TPSA) is 49.3 Å². The van der Waals surface area contributed by atoms with Crippen LogP contribution in [0.2, 0.25) is 0 Å². The maximum absolute atomic E-state index is 13.5. The van der Waals surface area contributed by atoms with Gasteiger partial charge in [-0.15, -0.1) is 0 Å². The highest BCUT2D eigenvalue weighted by Gasteiger charge is 2.37. The van der Waals surface area contributed by atoms with Crippen molar-refractivity contribution in [2.24, 2.45) is 0 Å². The molecule has 0 radical (unpaired) electrons. The Kier molecular flexibility index (Phi) is 2.17. The summed E-state index contributed by atoms with van der Waals surface area (Å²) >= 11 is 0. The molecule has 0 heterocycles. The third kappa shape index (κ3) is 1.47. The molecule has 1 atom stereocenters. The molecule has 0 aliphatic heterocycles. The van der Waals surface area contributed by atoms with Crippen LogP contribution < -0.4 is 5.32 Å². The number of carbonyl (C=O) groups is 1. The summed E-state index contributed by atoms with van der Waals surface area (Å²) in [5, 5.41) is 11.2. The minimum absolute atomic E-state index is 0.122. The van der Waals surface area contributed by atoms with E-state index in [2.05, 4.69) is 5.32 Å². The summed E-state index contributed by atoms with van der Waals surface area (Å²) in [5.41, 5.74) is -2.09. The quantitative estimate of drug-likeness (QED) is 0.614. The smallest absolute Gasteiger partial charge is 0.261 e. The van der Waals surface area contributed by atoms with Crippen molar-refractivity contribution in [3.63, 3.8) is 0 Å². The van der Waals surface area contributed by atoms with Crippen molar-refractivity contribution >= 4 is 5.91 Å². The first kappa shape index (κ1) is 8.77. The van der Waals surface area contributed by atoms with Crippen LogP contribution in [0.5, 0.6) is 0 Å². The predicted octanol–water partition coefficient (Wildman–Crippen LogP) is 0.842. The zero-order chi connectivity index (χ0) is 9.19. The molecule has 0 aromatic heterocycles. The standard InChI is InChI=1S/C8H10FNO2/c1-10-7(12)8(9)4-2-3-6(11)5-8/h2-4,11H,5H2,1H3,(H,10,12). The average Bonchev–Trinajstić information content (AvgIpc) is 2.02. The van der Waals surface area contributed by atoms with Crippen LogP contribution in [-0.4, -0.2) is 23.7 Å². The van der Waals surface area contributed by atoms with E-state index in [4.69, 9.17) is 5.11 Å². The maximum atomic E-state index is 13.5. The Morgan fingerprint density at radius 3 is 3.00 bits per heavy atom. The molecule has 12 heavy (non-hydrogen) atoms. The number of amides is 1. The van der Waals surface area contributed by atoms with Gasteiger partial charge in [0.15, 0.2) is 0 Å². The van der Waals surface area contributed by atoms with Crippen molar-refractivity contribution in [1.29, 1.82) is 0 Å². The lowest BCUT2D eigenvalue weighted by Gasteiger charge is -2.21. The number of hydrogen-bond acceptors (Lipinski definition) is 2. The second-order valence-electron chi connectivity index (χ2n) is 2.64. The summed E-state index contributed by atoms with van der Waals surface area (Å²) in [6.07, 6.45) is 3.53. The minimum atomic E-state index is -2.09. The van der Waals surface area contributed by atoms with E-state index in [9.17, 15) is 9.18 Å². The molecule has 4 heteroatoms. The Morgan fingerprint density at radius 2 is 2.50 bits per heavy atom. The van der Waals surface area contributed by atoms with Gasteiger partial charge in [0, 0.05) is 7.05 Å². The second-order valence-corrected chi connectivity index (χ2v) is 2.64. The lowest BCUT2D eigenvalue weighted by atomic mass is 9.95. The molecule has 1 unspecified atom stereocenters. The van der Waals surface area contributed by atoms with E-state index < -0.39 is 11.6 Å². The molecule has 3 nitrogen and oxygen atoms in total. The monoisotopic (exact) mass is 171 g/mol. The first-order chi connectivity index (χ1) is 5.58. The third-order valence-corrected chi connectivity index (χ3v) is 1.69. The number of allylic oxidation sites excluding steroid dienone is 3. The fourth-order valence-corrected chi connectivity index (χ4v) is 1.06. The number of aliphatic hydroxyl groups excluding tert-OH is 1. The van der Waals surface area contributed by atoms with Crippen molar-refractivity contribution in [2.75, 3.05) is 7.05 Å². The Hall–Kier alpha value is -1.32. The SMILES string of the molecule is CNC(=O)C1(F)C=CC=C(O)C1. The Labute approximate surface area is 69.6 Å². The van der Waals surface area contributed by atoms with Crippen molar-refractivity contribution in [3.8, 4) is 0 Å². The molecule has 0 aromatic carbocycles. The van der Waals surface area contributed by atoms with E-state index in [0.717, 1.165) is 6.08 Å². The lowest BCUT2D eigenvalue weighted by molar-refractivity contribution is -0.129. The van der Waals surface area contributed by atoms with Gasteiger partial charge in [0.05, 0.1) is 12.2 Å². The van der Waals surface area contributed by atoms with Crippen LogP contribution in [0.1, 0.15) is 6.42 Å². The normalized spacial score (nSPS) is 28.0. The van der Waals surface area contributed by atoms with Gasteiger partial charge < -0.3 is 10.4 Å². The summed E-state index contributed by atoms with van der Waals surface area (Å²) in [7, 11) is 1.35. The molecule has 1 aliphatic carbocycles. The Bertz CT molecular complexity index is 260. The van der Waals surface area contributed by atoms with Crippen LogP contribution in [0.15, 0.2) is 24.0 Å². The van der Waals surface area contributed by atoms with Gasteiger partial charge in [-0.25, -0.2) is 4.39 Å². The fourth-order valence-electron chi connectivity index (χ4n) is 1.06. The maximum Gasteiger partial charge on any atom is 0.261 e. The number of rotatable bonds is 1. The number of nitrogens with one attached hydrogen (secondary N) is 1. The minimum Gasteiger partial charge on any atom is -0.512 e. The summed E-state index contributed by atoms with van der Waals surface area (Å²) < 4.78 is 13.5. The van der Waals surface area contributed by atoms with Crippen molar-refractivity contribution < 1.29 is 14.3 Å². The first-order valence-electron chi connectivity index (χ1n) is 3.57. The molecular weight excluding hydrogens is 161 g/mol. The summed E-state index contributed by atoms with van der Waals surface area (Å²) in [6, 6.07) is 0. The molecule has 0 saturated carbocycles. The summed E-state index contributed by atoms with van der Waals surface area (Å²) in [5.74, 6) is -0.859. The average molecular weight is 171 g/mol. The molecule has 0 spiro atoms. The number of hydrogen-bond donors (Lipinski definition) is 2. The molecule has 2 N–H and O–H groups in total. The van der Waals surface area contributed by atoms with Crippen LogP contribution in [0.25, 0.3) is 0 Å². The molecule has 1 rings (SSSR count). The van der Waals surface area contributed by atoms with Gasteiger partial charge in [-0.3, -0.25) is 4.79 Å². The molecule has 66 valence electrons. The molecule has 1 amide bonds. The Morgan fingerprint density at radius 1 is 1.83 bits per heavy atom. The van der Waals surface area contributed by atoms with Crippen molar-refractivity contribution in [2.45, 2.75) is 12.1 Å². The van der Waals surface area contributed by atoms with Crippen LogP contribution >= 0.6 is 0 Å². The van der Waals surface area contributed by atoms with Gasteiger partial charge in [-0.1, -0.05) is 6.08 Å². The van der Waals surface area contributed by atoms with Gasteiger partial charge in [-0.05, 0) is 12.2 Å². The number of aliphatic hydroxyl groups is 1. The molecule has 0 saturated heterocycles. The van der Waals surface area contributed by atoms with Gasteiger partial charge in [0.1, 0.15) is 0 Å². The van der Waals surface area contributed by atoms with Gasteiger partial charge in [0.2, 0.25) is 5.67 Å². The van der Waals surface area contributed by atoms with Crippen LogP contribution in [0.3, 0.4) is 0 Å². The largest absolute Gasteiger partial charge is 0.512 e. The third-order valence-electron chi connectivity index (χ3n) is 1.69. The highest BCUT2D eigenvalue weighted by molar-refractivity contribution is 5.87. The van der Waals surface area contributed by atoms with Gasteiger partial charge in [0.25, 0.3) is 5.91 Å². The van der Waals surface area contributed by atoms with Crippen LogP contribution in [-0.2, 0) is 4.79 Å². The molecular formula is C8H10FNO2. The number of alkyl halides is 1. The predicted molar refractivity (Wildman–Crippen MR) is 42.4 cm³/mol. The number of halogens is 1. The van der Waals surface area contributed by atoms with E-state index in [0.29, 0.717) is 0 Å². The van der Waals surface area contributed by atoms with E-state index in [-0.39, 0.29) is 12.2 Å². The van der Waals surface area contributed by atoms with Gasteiger partial charge >= 0.3 is 0 Å². The van der Waals surface area contributed by atoms with Crippen LogP contribution in [0, 0.1) is 0 Å². The van der Waals surface area contributed by atoms with E-state index in [1.807, 2.05) is 0 Å². The van der Waals surface area contributed by atoms with Crippen LogP contribution in [0.4, 0.5) is 4.39 Å². The second kappa shape index (κ2) is 2.97. The zero-order valence-electron chi connectivity index (χ0n) is 6.67. The molecule has 0 fully saturated rings. The summed E-state index contributed by atoms with van der Waals surface area (Å²) in [4.78, 5) is 11.0. The van der Waals surface area contributed by atoms with E-state index in [1.165, 1.54) is 19.2 Å². The lowest BCUT2D eigenvalue weighted by Crippen LogP contribution is -2.41. The molecule has 0 bridgehead atoms. The highest BCUT2D eigenvalue weighted by Crippen LogP contribution is 2.25. The molecule has 1 aliphatic rings. The zero-order valence-corrected chi connectivity index (χ0v) is 6.67. The van der Waals surface area contributed by atoms with Crippen molar-refractivity contribution in [1.82, 2.24) is 5.32 Å². The Balaban J connectivity index is 2.82. The molecule has 0 aromatic rings. The van der Waals surface area contributed by atoms with E-state index in [1.54, 1.807) is 0 Å². The van der Waals surface area contributed by atoms with E-state index >= 15 is 0 Å². The first-order valence-corrected chi connectivity index (χ1v) is 3.57. The summed E-state index contributed by atoms with van der Waals surface area (Å²) in [6.45, 7) is 0. The van der Waals surface area contributed by atoms with Crippen molar-refractivity contribution in [3.05, 3.63) is 24.0 Å². The van der Waals surface area contributed by atoms with Gasteiger partial charge in [-0.2, -0.15) is 0 Å². The number of carbonyl (C=O) groups excluding carboxylic acids is 1.